The number of aliphatic hydroxyl groups excluding tert-OH is 3. The van der Waals surface area contributed by atoms with Gasteiger partial charge in [0.15, 0.2) is 6.29 Å². The molecule has 23 heavy (non-hydrogen) atoms. The van der Waals surface area contributed by atoms with Gasteiger partial charge in [-0.25, -0.2) is 0 Å². The van der Waals surface area contributed by atoms with E-state index in [2.05, 4.69) is 0 Å². The van der Waals surface area contributed by atoms with Gasteiger partial charge in [-0.3, -0.25) is 0 Å². The summed E-state index contributed by atoms with van der Waals surface area (Å²) in [4.78, 5) is 10.3. The van der Waals surface area contributed by atoms with E-state index in [-0.39, 0.29) is 25.0 Å². The normalized spacial score (nSPS) is 30.8. The van der Waals surface area contributed by atoms with Crippen molar-refractivity contribution in [2.45, 2.75) is 95.6 Å². The number of carboxylic acids is 1. The van der Waals surface area contributed by atoms with Gasteiger partial charge in [-0.05, 0) is 26.7 Å². The van der Waals surface area contributed by atoms with Crippen LogP contribution in [0.15, 0.2) is 0 Å². The van der Waals surface area contributed by atoms with E-state index >= 15 is 0 Å². The van der Waals surface area contributed by atoms with Crippen molar-refractivity contribution in [2.75, 3.05) is 0 Å². The number of carbonyl (C=O) groups excluding carboxylic acids is 1. The third-order valence-electron chi connectivity index (χ3n) is 4.10. The Morgan fingerprint density at radius 1 is 1.26 bits per heavy atom. The summed E-state index contributed by atoms with van der Waals surface area (Å²) in [7, 11) is 0. The molecule has 1 heterocycles. The van der Waals surface area contributed by atoms with E-state index in [9.17, 15) is 25.2 Å². The summed E-state index contributed by atoms with van der Waals surface area (Å²) in [6.07, 6.45) is 0.120. The minimum absolute atomic E-state index is 0.0924. The zero-order valence-electron chi connectivity index (χ0n) is 13.9. The van der Waals surface area contributed by atoms with Crippen LogP contribution in [0.4, 0.5) is 0 Å². The number of hydrogen-bond acceptors (Lipinski definition) is 7. The number of ether oxygens (including phenoxy) is 2. The molecule has 6 atom stereocenters. The van der Waals surface area contributed by atoms with E-state index in [4.69, 9.17) is 9.47 Å². The van der Waals surface area contributed by atoms with Gasteiger partial charge in [-0.15, -0.1) is 0 Å². The van der Waals surface area contributed by atoms with Crippen molar-refractivity contribution in [3.05, 3.63) is 0 Å². The third-order valence-corrected chi connectivity index (χ3v) is 4.10. The van der Waals surface area contributed by atoms with Crippen LogP contribution >= 0.6 is 0 Å². The van der Waals surface area contributed by atoms with Crippen molar-refractivity contribution in [1.29, 1.82) is 0 Å². The van der Waals surface area contributed by atoms with E-state index in [1.807, 2.05) is 6.92 Å². The molecule has 1 aliphatic heterocycles. The Hall–Kier alpha value is -0.730. The summed E-state index contributed by atoms with van der Waals surface area (Å²) in [5.74, 6) is -1.23. The fourth-order valence-electron chi connectivity index (χ4n) is 2.65. The van der Waals surface area contributed by atoms with Crippen molar-refractivity contribution in [1.82, 2.24) is 0 Å². The van der Waals surface area contributed by atoms with E-state index < -0.39 is 30.6 Å². The smallest absolute Gasteiger partial charge is 0.184 e. The van der Waals surface area contributed by atoms with Gasteiger partial charge in [0.05, 0.1) is 24.4 Å². The molecule has 0 unspecified atom stereocenters. The summed E-state index contributed by atoms with van der Waals surface area (Å²) in [6, 6.07) is 0. The Morgan fingerprint density at radius 2 is 1.91 bits per heavy atom. The van der Waals surface area contributed by atoms with Gasteiger partial charge < -0.3 is 34.7 Å². The van der Waals surface area contributed by atoms with Gasteiger partial charge in [-0.2, -0.15) is 0 Å². The molecule has 1 aliphatic rings. The van der Waals surface area contributed by atoms with Crippen LogP contribution in [0.5, 0.6) is 0 Å². The molecule has 0 aromatic heterocycles. The molecule has 0 radical (unpaired) electrons. The maximum atomic E-state index is 10.3. The first-order chi connectivity index (χ1) is 10.8. The van der Waals surface area contributed by atoms with Gasteiger partial charge in [0.25, 0.3) is 0 Å². The van der Waals surface area contributed by atoms with Crippen LogP contribution in [0.1, 0.15) is 58.8 Å². The van der Waals surface area contributed by atoms with Crippen LogP contribution in [0.2, 0.25) is 0 Å². The van der Waals surface area contributed by atoms with Gasteiger partial charge in [-0.1, -0.05) is 19.3 Å². The molecule has 0 bridgehead atoms. The maximum absolute atomic E-state index is 10.3. The van der Waals surface area contributed by atoms with Crippen LogP contribution in [0.3, 0.4) is 0 Å². The van der Waals surface area contributed by atoms with Crippen LogP contribution in [-0.4, -0.2) is 58.1 Å². The molecular weight excluding hydrogens is 304 g/mol. The topological polar surface area (TPSA) is 119 Å². The predicted molar refractivity (Wildman–Crippen MR) is 80.2 cm³/mol. The average molecular weight is 333 g/mol. The number of hydrogen-bond donors (Lipinski definition) is 3. The van der Waals surface area contributed by atoms with Crippen LogP contribution < -0.4 is 5.11 Å². The fourth-order valence-corrected chi connectivity index (χ4v) is 2.65. The van der Waals surface area contributed by atoms with Gasteiger partial charge in [0, 0.05) is 18.8 Å². The number of carbonyl (C=O) groups is 1. The molecule has 136 valence electrons. The zero-order chi connectivity index (χ0) is 17.4. The molecule has 0 amide bonds. The van der Waals surface area contributed by atoms with Crippen LogP contribution in [-0.2, 0) is 14.3 Å². The number of unbranched alkanes of at least 4 members (excludes halogenated alkanes) is 2. The molecule has 0 spiro atoms. The van der Waals surface area contributed by atoms with Gasteiger partial charge in [0.1, 0.15) is 6.10 Å². The first-order valence-corrected chi connectivity index (χ1v) is 8.34. The third kappa shape index (κ3) is 8.08. The monoisotopic (exact) mass is 333 g/mol. The maximum Gasteiger partial charge on any atom is 0.184 e. The highest BCUT2D eigenvalue weighted by atomic mass is 16.7. The largest absolute Gasteiger partial charge is 0.550 e. The molecule has 3 N–H and O–H groups in total. The molecule has 1 saturated heterocycles. The summed E-state index contributed by atoms with van der Waals surface area (Å²) in [5.41, 5.74) is 0. The van der Waals surface area contributed by atoms with Crippen LogP contribution in [0, 0.1) is 0 Å². The summed E-state index contributed by atoms with van der Waals surface area (Å²) in [6.45, 7) is 3.65. The Bertz CT molecular complexity index is 349. The van der Waals surface area contributed by atoms with Crippen molar-refractivity contribution >= 4 is 5.97 Å². The standard InChI is InChI=1S/C16H30O7/c1-10(6-4-3-5-7-12(17)8-15(20)21)22-16-14(19)9-13(18)11(2)23-16/h10-14,16-19H,3-9H2,1-2H3,(H,20,21)/p-1/t10-,11+,12-,13-,14-,16-/m1/s1. The SMILES string of the molecule is C[C@H](CCCCC[C@@H](O)CC(=O)[O-])O[C@@H]1O[C@@H](C)[C@H](O)C[C@H]1O. The average Bonchev–Trinajstić information content (AvgIpc) is 2.43. The Kier molecular flexibility index (Phi) is 9.01. The van der Waals surface area contributed by atoms with E-state index in [0.717, 1.165) is 25.7 Å². The molecule has 0 aromatic carbocycles. The molecule has 0 aliphatic carbocycles. The zero-order valence-corrected chi connectivity index (χ0v) is 13.9. The van der Waals surface area contributed by atoms with Crippen molar-refractivity contribution < 1.29 is 34.7 Å². The number of carboxylic acid groups (broad SMARTS) is 1. The number of rotatable bonds is 10. The molecule has 0 saturated carbocycles. The number of aliphatic hydroxyl groups is 3. The molecule has 1 rings (SSSR count). The van der Waals surface area contributed by atoms with E-state index in [1.54, 1.807) is 6.92 Å². The lowest BCUT2D eigenvalue weighted by atomic mass is 10.0. The Balaban J connectivity index is 2.12. The minimum Gasteiger partial charge on any atom is -0.550 e. The summed E-state index contributed by atoms with van der Waals surface area (Å²) < 4.78 is 11.1. The molecule has 7 nitrogen and oxygen atoms in total. The number of aliphatic carboxylic acids is 1. The van der Waals surface area contributed by atoms with Crippen molar-refractivity contribution in [2.24, 2.45) is 0 Å². The Morgan fingerprint density at radius 3 is 2.57 bits per heavy atom. The second kappa shape index (κ2) is 10.2. The molecule has 7 heteroatoms. The predicted octanol–water partition coefficient (Wildman–Crippen LogP) is -0.300. The lowest BCUT2D eigenvalue weighted by molar-refractivity contribution is -0.307. The second-order valence-corrected chi connectivity index (χ2v) is 6.39. The fraction of sp³-hybridized carbons (Fsp3) is 0.938. The van der Waals surface area contributed by atoms with Crippen molar-refractivity contribution in [3.63, 3.8) is 0 Å². The van der Waals surface area contributed by atoms with Gasteiger partial charge >= 0.3 is 0 Å². The Labute approximate surface area is 137 Å². The molecule has 0 aromatic rings. The highest BCUT2D eigenvalue weighted by Gasteiger charge is 2.35. The highest BCUT2D eigenvalue weighted by molar-refractivity contribution is 5.64. The van der Waals surface area contributed by atoms with E-state index in [1.165, 1.54) is 0 Å². The van der Waals surface area contributed by atoms with E-state index in [0.29, 0.717) is 6.42 Å². The summed E-state index contributed by atoms with van der Waals surface area (Å²) >= 11 is 0. The first-order valence-electron chi connectivity index (χ1n) is 8.34. The molecular formula is C16H29O7-. The van der Waals surface area contributed by atoms with Crippen LogP contribution in [0.25, 0.3) is 0 Å². The first kappa shape index (κ1) is 20.3. The minimum atomic E-state index is -1.23. The summed E-state index contributed by atoms with van der Waals surface area (Å²) in [5, 5.41) is 39.2. The lowest BCUT2D eigenvalue weighted by Gasteiger charge is -2.36. The lowest BCUT2D eigenvalue weighted by Crippen LogP contribution is -2.48. The quantitative estimate of drug-likeness (QED) is 0.470. The second-order valence-electron chi connectivity index (χ2n) is 6.39. The molecule has 1 fully saturated rings. The highest BCUT2D eigenvalue weighted by Crippen LogP contribution is 2.23. The van der Waals surface area contributed by atoms with Crippen molar-refractivity contribution in [3.8, 4) is 0 Å². The van der Waals surface area contributed by atoms with Gasteiger partial charge in [0.2, 0.25) is 0 Å².